The van der Waals surface area contributed by atoms with Crippen molar-refractivity contribution in [3.63, 3.8) is 0 Å². The van der Waals surface area contributed by atoms with E-state index in [2.05, 4.69) is 5.32 Å². The number of nitrogens with one attached hydrogen (secondary N) is 1. The van der Waals surface area contributed by atoms with Gasteiger partial charge in [-0.2, -0.15) is 4.31 Å². The molecule has 2 aromatic carbocycles. The number of carbonyl (C=O) groups excluding carboxylic acids is 2. The lowest BCUT2D eigenvalue weighted by Crippen LogP contribution is -2.53. The van der Waals surface area contributed by atoms with E-state index in [4.69, 9.17) is 11.6 Å². The fraction of sp³-hybridized carbons (Fsp3) is 0.481. The van der Waals surface area contributed by atoms with Gasteiger partial charge in [-0.25, -0.2) is 8.42 Å². The van der Waals surface area contributed by atoms with Crippen molar-refractivity contribution >= 4 is 33.4 Å². The number of hydrogen-bond donors (Lipinski definition) is 2. The molecule has 1 aliphatic carbocycles. The molecule has 1 saturated heterocycles. The first-order valence-electron chi connectivity index (χ1n) is 12.8. The largest absolute Gasteiger partial charge is 0.392 e. The van der Waals surface area contributed by atoms with E-state index in [9.17, 15) is 23.1 Å². The van der Waals surface area contributed by atoms with Gasteiger partial charge < -0.3 is 15.3 Å². The highest BCUT2D eigenvalue weighted by Gasteiger charge is 2.39. The summed E-state index contributed by atoms with van der Waals surface area (Å²) < 4.78 is 28.2. The summed E-state index contributed by atoms with van der Waals surface area (Å²) in [6, 6.07) is 14.2. The zero-order chi connectivity index (χ0) is 26.6. The number of sulfonamides is 1. The molecule has 8 nitrogen and oxygen atoms in total. The van der Waals surface area contributed by atoms with Gasteiger partial charge in [0.25, 0.3) is 0 Å². The fourth-order valence-corrected chi connectivity index (χ4v) is 6.26. The maximum atomic E-state index is 13.6. The molecular weight excluding hydrogens is 514 g/mol. The standard InChI is InChI=1S/C27H34ClN3O5S/c1-2-25(32)23(16-19-8-9-19)26(33)29-24-18-31(37(35,36)22-12-10-21(28)11-13-22)15-14-30(27(24)34)17-20-6-4-3-5-7-20/h3-7,10-13,19,23-25,32H,2,8-9,14-18H2,1H3,(H,29,33). The quantitative estimate of drug-likeness (QED) is 0.475. The summed E-state index contributed by atoms with van der Waals surface area (Å²) in [6.07, 6.45) is 2.21. The predicted octanol–water partition coefficient (Wildman–Crippen LogP) is 3.05. The fourth-order valence-electron chi connectivity index (χ4n) is 4.69. The molecule has 2 N–H and O–H groups in total. The lowest BCUT2D eigenvalue weighted by atomic mass is 9.93. The third-order valence-corrected chi connectivity index (χ3v) is 9.23. The molecule has 0 spiro atoms. The topological polar surface area (TPSA) is 107 Å². The minimum absolute atomic E-state index is 0.0685. The van der Waals surface area contributed by atoms with Crippen LogP contribution in [0.2, 0.25) is 5.02 Å². The SMILES string of the molecule is CCC(O)C(CC1CC1)C(=O)NC1CN(S(=O)(=O)c2ccc(Cl)cc2)CCN(Cc2ccccc2)C1=O. The third-order valence-electron chi connectivity index (χ3n) is 7.10. The zero-order valence-corrected chi connectivity index (χ0v) is 22.5. The number of rotatable bonds is 10. The second-order valence-corrected chi connectivity index (χ2v) is 12.3. The molecular formula is C27H34ClN3O5S. The van der Waals surface area contributed by atoms with Gasteiger partial charge in [-0.1, -0.05) is 61.7 Å². The first-order chi connectivity index (χ1) is 17.7. The van der Waals surface area contributed by atoms with Gasteiger partial charge in [0.2, 0.25) is 21.8 Å². The third kappa shape index (κ3) is 6.90. The van der Waals surface area contributed by atoms with Gasteiger partial charge in [-0.05, 0) is 48.6 Å². The second kappa shape index (κ2) is 11.9. The van der Waals surface area contributed by atoms with Crippen molar-refractivity contribution in [3.8, 4) is 0 Å². The second-order valence-electron chi connectivity index (χ2n) is 9.88. The molecule has 0 aromatic heterocycles. The highest BCUT2D eigenvalue weighted by molar-refractivity contribution is 7.89. The highest BCUT2D eigenvalue weighted by Crippen LogP contribution is 2.36. The van der Waals surface area contributed by atoms with Crippen LogP contribution in [-0.2, 0) is 26.2 Å². The lowest BCUT2D eigenvalue weighted by molar-refractivity contribution is -0.138. The van der Waals surface area contributed by atoms with E-state index < -0.39 is 34.0 Å². The Balaban J connectivity index is 1.60. The van der Waals surface area contributed by atoms with Gasteiger partial charge in [0.1, 0.15) is 6.04 Å². The maximum Gasteiger partial charge on any atom is 0.246 e. The molecule has 0 radical (unpaired) electrons. The molecule has 1 heterocycles. The molecule has 2 amide bonds. The average Bonchev–Trinajstić information content (AvgIpc) is 3.73. The molecule has 10 heteroatoms. The van der Waals surface area contributed by atoms with Gasteiger partial charge in [-0.15, -0.1) is 0 Å². The number of benzene rings is 2. The molecule has 200 valence electrons. The number of carbonyl (C=O) groups is 2. The lowest BCUT2D eigenvalue weighted by Gasteiger charge is -2.28. The Labute approximate surface area is 223 Å². The van der Waals surface area contributed by atoms with E-state index in [0.29, 0.717) is 30.3 Å². The van der Waals surface area contributed by atoms with Crippen LogP contribution in [0.3, 0.4) is 0 Å². The minimum Gasteiger partial charge on any atom is -0.392 e. The summed E-state index contributed by atoms with van der Waals surface area (Å²) in [4.78, 5) is 28.6. The molecule has 3 atom stereocenters. The molecule has 4 rings (SSSR count). The Hall–Kier alpha value is -2.46. The molecule has 3 unspecified atom stereocenters. The predicted molar refractivity (Wildman–Crippen MR) is 141 cm³/mol. The molecule has 37 heavy (non-hydrogen) atoms. The molecule has 0 bridgehead atoms. The van der Waals surface area contributed by atoms with E-state index in [1.165, 1.54) is 28.6 Å². The van der Waals surface area contributed by atoms with Crippen LogP contribution >= 0.6 is 11.6 Å². The van der Waals surface area contributed by atoms with Crippen LogP contribution < -0.4 is 5.32 Å². The van der Waals surface area contributed by atoms with Gasteiger partial charge in [0.05, 0.1) is 16.9 Å². The summed E-state index contributed by atoms with van der Waals surface area (Å²) >= 11 is 5.95. The summed E-state index contributed by atoms with van der Waals surface area (Å²) in [5.41, 5.74) is 0.906. The van der Waals surface area contributed by atoms with Gasteiger partial charge in [0.15, 0.2) is 0 Å². The normalized spacial score (nSPS) is 20.8. The van der Waals surface area contributed by atoms with E-state index in [-0.39, 0.29) is 30.4 Å². The Morgan fingerprint density at radius 2 is 1.78 bits per heavy atom. The van der Waals surface area contributed by atoms with Crippen molar-refractivity contribution in [2.24, 2.45) is 11.8 Å². The molecule has 1 saturated carbocycles. The van der Waals surface area contributed by atoms with Crippen LogP contribution in [0.5, 0.6) is 0 Å². The van der Waals surface area contributed by atoms with Gasteiger partial charge >= 0.3 is 0 Å². The number of aliphatic hydroxyl groups excluding tert-OH is 1. The smallest absolute Gasteiger partial charge is 0.246 e. The van der Waals surface area contributed by atoms with Crippen molar-refractivity contribution in [1.29, 1.82) is 0 Å². The molecule has 2 fully saturated rings. The van der Waals surface area contributed by atoms with Crippen LogP contribution in [0, 0.1) is 11.8 Å². The van der Waals surface area contributed by atoms with Crippen LogP contribution in [0.1, 0.15) is 38.2 Å². The van der Waals surface area contributed by atoms with E-state index >= 15 is 0 Å². The van der Waals surface area contributed by atoms with E-state index in [1.807, 2.05) is 37.3 Å². The number of nitrogens with zero attached hydrogens (tertiary/aromatic N) is 2. The van der Waals surface area contributed by atoms with Crippen LogP contribution in [0.25, 0.3) is 0 Å². The van der Waals surface area contributed by atoms with Crippen LogP contribution in [-0.4, -0.2) is 66.3 Å². The Morgan fingerprint density at radius 3 is 2.41 bits per heavy atom. The van der Waals surface area contributed by atoms with Crippen molar-refractivity contribution in [2.75, 3.05) is 19.6 Å². The summed E-state index contributed by atoms with van der Waals surface area (Å²) in [7, 11) is -3.95. The van der Waals surface area contributed by atoms with Crippen molar-refractivity contribution in [2.45, 2.75) is 56.2 Å². The first kappa shape index (κ1) is 27.6. The van der Waals surface area contributed by atoms with E-state index in [1.54, 1.807) is 4.90 Å². The van der Waals surface area contributed by atoms with Crippen molar-refractivity contribution < 1.29 is 23.1 Å². The van der Waals surface area contributed by atoms with Crippen molar-refractivity contribution in [1.82, 2.24) is 14.5 Å². The van der Waals surface area contributed by atoms with Crippen LogP contribution in [0.15, 0.2) is 59.5 Å². The zero-order valence-electron chi connectivity index (χ0n) is 20.9. The average molecular weight is 548 g/mol. The Morgan fingerprint density at radius 1 is 1.11 bits per heavy atom. The number of hydrogen-bond acceptors (Lipinski definition) is 5. The molecule has 2 aliphatic rings. The first-order valence-corrected chi connectivity index (χ1v) is 14.6. The number of halogens is 1. The monoisotopic (exact) mass is 547 g/mol. The highest BCUT2D eigenvalue weighted by atomic mass is 35.5. The summed E-state index contributed by atoms with van der Waals surface area (Å²) in [5.74, 6) is -0.997. The number of amides is 2. The number of aliphatic hydroxyl groups is 1. The van der Waals surface area contributed by atoms with Crippen molar-refractivity contribution in [3.05, 3.63) is 65.2 Å². The van der Waals surface area contributed by atoms with Crippen LogP contribution in [0.4, 0.5) is 0 Å². The van der Waals surface area contributed by atoms with Gasteiger partial charge in [-0.3, -0.25) is 9.59 Å². The summed E-state index contributed by atoms with van der Waals surface area (Å²) in [5, 5.41) is 13.8. The minimum atomic E-state index is -3.95. The van der Waals surface area contributed by atoms with Gasteiger partial charge in [0, 0.05) is 31.2 Å². The van der Waals surface area contributed by atoms with E-state index in [0.717, 1.165) is 18.4 Å². The maximum absolute atomic E-state index is 13.6. The Bertz CT molecular complexity index is 1190. The Kier molecular flexibility index (Phi) is 8.90. The summed E-state index contributed by atoms with van der Waals surface area (Å²) in [6.45, 7) is 2.18. The molecule has 1 aliphatic heterocycles. The molecule has 2 aromatic rings.